The summed E-state index contributed by atoms with van der Waals surface area (Å²) in [7, 11) is 2.09. The highest BCUT2D eigenvalue weighted by Crippen LogP contribution is 2.20. The van der Waals surface area contributed by atoms with Crippen molar-refractivity contribution in [2.75, 3.05) is 7.05 Å². The minimum Gasteiger partial charge on any atom is -0.243 e. The monoisotopic (exact) mass is 115 g/mol. The maximum atomic E-state index is 2.21. The maximum Gasteiger partial charge on any atom is 0.0362 e. The average molecular weight is 115 g/mol. The second kappa shape index (κ2) is 1.88. The van der Waals surface area contributed by atoms with E-state index in [9.17, 15) is 0 Å². The number of rotatable bonds is 0. The molecule has 0 aromatic carbocycles. The maximum absolute atomic E-state index is 2.21. The third kappa shape index (κ3) is 0.983. The van der Waals surface area contributed by atoms with Gasteiger partial charge in [0.05, 0.1) is 0 Å². The van der Waals surface area contributed by atoms with Crippen molar-refractivity contribution < 1.29 is 0 Å². The van der Waals surface area contributed by atoms with Crippen molar-refractivity contribution in [1.29, 1.82) is 0 Å². The van der Waals surface area contributed by atoms with Gasteiger partial charge in [-0.3, -0.25) is 0 Å². The van der Waals surface area contributed by atoms with Crippen LogP contribution < -0.4 is 0 Å². The minimum absolute atomic E-state index is 0.630. The average Bonchev–Trinajstić information content (AvgIpc) is 1.91. The van der Waals surface area contributed by atoms with E-state index in [1.165, 1.54) is 0 Å². The summed E-state index contributed by atoms with van der Waals surface area (Å²) in [6.07, 6.45) is 2.19. The first-order valence-electron chi connectivity index (χ1n) is 2.37. The Morgan fingerprint density at radius 1 is 1.71 bits per heavy atom. The van der Waals surface area contributed by atoms with E-state index in [2.05, 4.69) is 29.8 Å². The van der Waals surface area contributed by atoms with Gasteiger partial charge in [0, 0.05) is 6.04 Å². The number of hydrogen-bond donors (Lipinski definition) is 0. The molecule has 1 atom stereocenters. The second-order valence-electron chi connectivity index (χ2n) is 1.72. The van der Waals surface area contributed by atoms with Crippen LogP contribution in [0.5, 0.6) is 0 Å². The molecule has 0 aliphatic carbocycles. The van der Waals surface area contributed by atoms with E-state index in [1.807, 2.05) is 0 Å². The van der Waals surface area contributed by atoms with Crippen LogP contribution in [0.15, 0.2) is 11.5 Å². The molecule has 0 bridgehead atoms. The first-order chi connectivity index (χ1) is 3.30. The lowest BCUT2D eigenvalue weighted by atomic mass is 10.3. The van der Waals surface area contributed by atoms with E-state index in [4.69, 9.17) is 0 Å². The summed E-state index contributed by atoms with van der Waals surface area (Å²) in [6, 6.07) is 0.630. The molecule has 0 N–H and O–H groups in total. The number of hydrogen-bond acceptors (Lipinski definition) is 2. The van der Waals surface area contributed by atoms with Gasteiger partial charge in [-0.15, -0.1) is 0 Å². The quantitative estimate of drug-likeness (QED) is 0.440. The van der Waals surface area contributed by atoms with Gasteiger partial charge in [-0.05, 0) is 19.4 Å². The standard InChI is InChI=1S/C5H9NS/c1-5-3-4-7-6(5)2/h3-5H,1-2H3. The predicted molar refractivity (Wildman–Crippen MR) is 34.0 cm³/mol. The van der Waals surface area contributed by atoms with Gasteiger partial charge >= 0.3 is 0 Å². The molecular formula is C5H9NS. The van der Waals surface area contributed by atoms with Gasteiger partial charge in [0.1, 0.15) is 0 Å². The van der Waals surface area contributed by atoms with Crippen molar-refractivity contribution in [2.45, 2.75) is 13.0 Å². The topological polar surface area (TPSA) is 3.24 Å². The van der Waals surface area contributed by atoms with Crippen molar-refractivity contribution in [2.24, 2.45) is 0 Å². The van der Waals surface area contributed by atoms with E-state index in [0.717, 1.165) is 0 Å². The van der Waals surface area contributed by atoms with Crippen LogP contribution in [0.25, 0.3) is 0 Å². The summed E-state index contributed by atoms with van der Waals surface area (Å²) in [5.74, 6) is 0. The van der Waals surface area contributed by atoms with Crippen LogP contribution >= 0.6 is 11.9 Å². The van der Waals surface area contributed by atoms with Gasteiger partial charge in [-0.2, -0.15) is 0 Å². The zero-order valence-corrected chi connectivity index (χ0v) is 5.40. The molecule has 2 heteroatoms. The molecule has 0 fully saturated rings. The van der Waals surface area contributed by atoms with E-state index >= 15 is 0 Å². The Morgan fingerprint density at radius 3 is 2.57 bits per heavy atom. The second-order valence-corrected chi connectivity index (χ2v) is 2.78. The predicted octanol–water partition coefficient (Wildman–Crippen LogP) is 1.48. The molecular weight excluding hydrogens is 106 g/mol. The highest BCUT2D eigenvalue weighted by Gasteiger charge is 2.08. The third-order valence-electron chi connectivity index (χ3n) is 1.16. The fourth-order valence-electron chi connectivity index (χ4n) is 0.462. The number of nitrogens with zero attached hydrogens (tertiary/aromatic N) is 1. The van der Waals surface area contributed by atoms with Crippen LogP contribution in [0.2, 0.25) is 0 Å². The molecule has 0 spiro atoms. The van der Waals surface area contributed by atoms with Crippen molar-refractivity contribution >= 4 is 11.9 Å². The zero-order valence-electron chi connectivity index (χ0n) is 4.59. The molecule has 0 saturated heterocycles. The summed E-state index contributed by atoms with van der Waals surface area (Å²) in [5.41, 5.74) is 0. The van der Waals surface area contributed by atoms with Crippen LogP contribution in [0.4, 0.5) is 0 Å². The minimum atomic E-state index is 0.630. The van der Waals surface area contributed by atoms with Crippen LogP contribution in [0, 0.1) is 0 Å². The molecule has 1 heterocycles. The van der Waals surface area contributed by atoms with Crippen molar-refractivity contribution in [3.05, 3.63) is 11.5 Å². The van der Waals surface area contributed by atoms with Gasteiger partial charge in [-0.1, -0.05) is 18.0 Å². The Balaban J connectivity index is 2.45. The van der Waals surface area contributed by atoms with Gasteiger partial charge in [0.2, 0.25) is 0 Å². The lowest BCUT2D eigenvalue weighted by Gasteiger charge is -2.10. The van der Waals surface area contributed by atoms with Crippen LogP contribution in [-0.2, 0) is 0 Å². The SMILES string of the molecule is CC1C=CSN1C. The lowest BCUT2D eigenvalue weighted by Crippen LogP contribution is -2.14. The first-order valence-corrected chi connectivity index (χ1v) is 3.20. The molecule has 0 aromatic heterocycles. The molecule has 0 radical (unpaired) electrons. The smallest absolute Gasteiger partial charge is 0.0362 e. The van der Waals surface area contributed by atoms with Crippen LogP contribution in [0.3, 0.4) is 0 Å². The zero-order chi connectivity index (χ0) is 5.28. The largest absolute Gasteiger partial charge is 0.243 e. The highest BCUT2D eigenvalue weighted by atomic mass is 32.2. The molecule has 1 nitrogen and oxygen atoms in total. The van der Waals surface area contributed by atoms with E-state index < -0.39 is 0 Å². The summed E-state index contributed by atoms with van der Waals surface area (Å²) >= 11 is 1.76. The lowest BCUT2D eigenvalue weighted by molar-refractivity contribution is 0.521. The van der Waals surface area contributed by atoms with Crippen molar-refractivity contribution in [3.8, 4) is 0 Å². The Kier molecular flexibility index (Phi) is 1.40. The van der Waals surface area contributed by atoms with E-state index in [0.29, 0.717) is 6.04 Å². The normalized spacial score (nSPS) is 32.0. The van der Waals surface area contributed by atoms with E-state index in [1.54, 1.807) is 11.9 Å². The molecule has 1 rings (SSSR count). The fourth-order valence-corrected chi connectivity index (χ4v) is 1.21. The van der Waals surface area contributed by atoms with Gasteiger partial charge in [-0.25, -0.2) is 4.31 Å². The van der Waals surface area contributed by atoms with Crippen molar-refractivity contribution in [1.82, 2.24) is 4.31 Å². The molecule has 7 heavy (non-hydrogen) atoms. The Labute approximate surface area is 48.5 Å². The molecule has 0 amide bonds. The summed E-state index contributed by atoms with van der Waals surface area (Å²) in [6.45, 7) is 2.18. The molecule has 1 aliphatic heterocycles. The third-order valence-corrected chi connectivity index (χ3v) is 2.10. The van der Waals surface area contributed by atoms with E-state index in [-0.39, 0.29) is 0 Å². The molecule has 0 saturated carbocycles. The van der Waals surface area contributed by atoms with Crippen LogP contribution in [0.1, 0.15) is 6.92 Å². The van der Waals surface area contributed by atoms with Crippen molar-refractivity contribution in [3.63, 3.8) is 0 Å². The number of likely N-dealkylation sites (N-methyl/N-ethyl adjacent to an activating group) is 1. The Hall–Kier alpha value is 0.0500. The summed E-state index contributed by atoms with van der Waals surface area (Å²) in [5, 5.41) is 2.12. The fraction of sp³-hybridized carbons (Fsp3) is 0.600. The summed E-state index contributed by atoms with van der Waals surface area (Å²) in [4.78, 5) is 0. The van der Waals surface area contributed by atoms with Gasteiger partial charge in [0.25, 0.3) is 0 Å². The van der Waals surface area contributed by atoms with Gasteiger partial charge < -0.3 is 0 Å². The highest BCUT2D eigenvalue weighted by molar-refractivity contribution is 8.00. The molecule has 1 aliphatic rings. The van der Waals surface area contributed by atoms with Gasteiger partial charge in [0.15, 0.2) is 0 Å². The Morgan fingerprint density at radius 2 is 2.43 bits per heavy atom. The molecule has 40 valence electrons. The summed E-state index contributed by atoms with van der Waals surface area (Å²) < 4.78 is 2.21. The Bertz CT molecular complexity index is 90.1. The molecule has 0 aromatic rings. The molecule has 1 unspecified atom stereocenters. The van der Waals surface area contributed by atoms with Crippen LogP contribution in [-0.4, -0.2) is 17.4 Å². The first kappa shape index (κ1) is 5.19.